The zero-order valence-corrected chi connectivity index (χ0v) is 25.4. The summed E-state index contributed by atoms with van der Waals surface area (Å²) in [5.41, 5.74) is 3.72. The first-order valence-electron chi connectivity index (χ1n) is 14.2. The van der Waals surface area contributed by atoms with Crippen molar-refractivity contribution in [3.8, 4) is 11.5 Å². The molecule has 4 aromatic carbocycles. The number of amides is 3. The van der Waals surface area contributed by atoms with Gasteiger partial charge in [0.2, 0.25) is 5.91 Å². The minimum atomic E-state index is -0.515. The number of rotatable bonds is 10. The first-order valence-corrected chi connectivity index (χ1v) is 15.2. The van der Waals surface area contributed by atoms with E-state index in [1.54, 1.807) is 67.8 Å². The molecule has 9 heteroatoms. The van der Waals surface area contributed by atoms with Crippen molar-refractivity contribution in [2.45, 2.75) is 17.7 Å². The van der Waals surface area contributed by atoms with Crippen LogP contribution in [0.25, 0.3) is 6.08 Å². The Labute approximate surface area is 261 Å². The molecule has 3 amide bonds. The largest absolute Gasteiger partial charge is 0.497 e. The summed E-state index contributed by atoms with van der Waals surface area (Å²) in [6, 6.07) is 29.1. The van der Waals surface area contributed by atoms with Gasteiger partial charge in [-0.1, -0.05) is 36.4 Å². The highest BCUT2D eigenvalue weighted by Crippen LogP contribution is 2.29. The lowest BCUT2D eigenvalue weighted by Gasteiger charge is -2.29. The first kappa shape index (κ1) is 30.4. The molecular formula is C35H33N3O5S. The molecule has 0 fully saturated rings. The number of hydrogen-bond donors (Lipinski definition) is 2. The fraction of sp³-hybridized carbons (Fsp3) is 0.171. The Hall–Kier alpha value is -5.02. The summed E-state index contributed by atoms with van der Waals surface area (Å²) in [6.07, 6.45) is 3.49. The van der Waals surface area contributed by atoms with E-state index in [-0.39, 0.29) is 11.6 Å². The maximum absolute atomic E-state index is 13.5. The highest BCUT2D eigenvalue weighted by atomic mass is 32.2. The highest BCUT2D eigenvalue weighted by molar-refractivity contribution is 8.00. The fourth-order valence-electron chi connectivity index (χ4n) is 4.90. The van der Waals surface area contributed by atoms with Gasteiger partial charge in [-0.25, -0.2) is 0 Å². The third kappa shape index (κ3) is 7.48. The van der Waals surface area contributed by atoms with Crippen LogP contribution in [0.1, 0.15) is 27.9 Å². The molecule has 1 aliphatic rings. The number of para-hydroxylation sites is 1. The topological polar surface area (TPSA) is 97.0 Å². The summed E-state index contributed by atoms with van der Waals surface area (Å²) < 4.78 is 10.8. The van der Waals surface area contributed by atoms with Crippen LogP contribution in [0.5, 0.6) is 11.5 Å². The quantitative estimate of drug-likeness (QED) is 0.165. The predicted molar refractivity (Wildman–Crippen MR) is 174 cm³/mol. The fourth-order valence-corrected chi connectivity index (χ4v) is 5.67. The normalized spacial score (nSPS) is 12.6. The van der Waals surface area contributed by atoms with Crippen molar-refractivity contribution in [1.29, 1.82) is 0 Å². The molecule has 0 aromatic heterocycles. The van der Waals surface area contributed by atoms with Gasteiger partial charge in [-0.2, -0.15) is 0 Å². The standard InChI is InChI=1S/C35H33N3O5S/c1-42-28-16-19-32(43-2)26(21-28)22-30(37-34(40)25-10-4-3-5-11-25)35(41)36-27-14-17-29(18-15-27)44-23-33(39)38-20-8-12-24-9-6-7-13-31(24)38/h3-7,9-11,13-19,21-22H,8,12,20,23H2,1-2H3,(H,36,41)(H,37,40)/b30-22-. The van der Waals surface area contributed by atoms with Gasteiger partial charge in [0.05, 0.1) is 20.0 Å². The van der Waals surface area contributed by atoms with Crippen LogP contribution in [0.3, 0.4) is 0 Å². The van der Waals surface area contributed by atoms with Crippen LogP contribution in [-0.2, 0) is 16.0 Å². The third-order valence-corrected chi connectivity index (χ3v) is 8.15. The van der Waals surface area contributed by atoms with E-state index in [9.17, 15) is 14.4 Å². The Bertz CT molecular complexity index is 1670. The lowest BCUT2D eigenvalue weighted by Crippen LogP contribution is -2.36. The Morgan fingerprint density at radius 2 is 1.64 bits per heavy atom. The van der Waals surface area contributed by atoms with Gasteiger partial charge in [-0.15, -0.1) is 11.8 Å². The number of nitrogens with zero attached hydrogens (tertiary/aromatic N) is 1. The maximum Gasteiger partial charge on any atom is 0.272 e. The Morgan fingerprint density at radius 1 is 0.886 bits per heavy atom. The second-order valence-electron chi connectivity index (χ2n) is 10.0. The number of aryl methyl sites for hydroxylation is 1. The zero-order chi connectivity index (χ0) is 30.9. The van der Waals surface area contributed by atoms with E-state index in [4.69, 9.17) is 9.47 Å². The molecule has 0 atom stereocenters. The zero-order valence-electron chi connectivity index (χ0n) is 24.5. The molecule has 224 valence electrons. The number of thioether (sulfide) groups is 1. The van der Waals surface area contributed by atoms with Crippen LogP contribution in [-0.4, -0.2) is 44.2 Å². The minimum absolute atomic E-state index is 0.0243. The Morgan fingerprint density at radius 3 is 2.39 bits per heavy atom. The molecule has 1 heterocycles. The number of anilines is 2. The second-order valence-corrected chi connectivity index (χ2v) is 11.1. The van der Waals surface area contributed by atoms with Crippen LogP contribution < -0.4 is 25.0 Å². The van der Waals surface area contributed by atoms with Gasteiger partial charge in [0.15, 0.2) is 0 Å². The van der Waals surface area contributed by atoms with E-state index in [1.807, 2.05) is 41.3 Å². The number of nitrogens with one attached hydrogen (secondary N) is 2. The molecule has 44 heavy (non-hydrogen) atoms. The van der Waals surface area contributed by atoms with Crippen molar-refractivity contribution in [3.63, 3.8) is 0 Å². The lowest BCUT2D eigenvalue weighted by molar-refractivity contribution is -0.116. The van der Waals surface area contributed by atoms with E-state index in [0.29, 0.717) is 34.1 Å². The number of benzene rings is 4. The molecule has 1 aliphatic heterocycles. The van der Waals surface area contributed by atoms with E-state index < -0.39 is 11.8 Å². The van der Waals surface area contributed by atoms with Crippen molar-refractivity contribution >= 4 is 46.9 Å². The summed E-state index contributed by atoms with van der Waals surface area (Å²) in [7, 11) is 3.07. The molecule has 4 aromatic rings. The molecule has 0 aliphatic carbocycles. The summed E-state index contributed by atoms with van der Waals surface area (Å²) in [4.78, 5) is 42.3. The first-order chi connectivity index (χ1) is 21.4. The summed E-state index contributed by atoms with van der Waals surface area (Å²) >= 11 is 1.45. The molecule has 0 saturated carbocycles. The molecule has 0 spiro atoms. The van der Waals surface area contributed by atoms with E-state index in [1.165, 1.54) is 24.4 Å². The SMILES string of the molecule is COc1ccc(OC)c(/C=C(\NC(=O)c2ccccc2)C(=O)Nc2ccc(SCC(=O)N3CCCc4ccccc43)cc2)c1. The molecule has 2 N–H and O–H groups in total. The minimum Gasteiger partial charge on any atom is -0.497 e. The number of methoxy groups -OCH3 is 2. The molecule has 8 nitrogen and oxygen atoms in total. The van der Waals surface area contributed by atoms with Gasteiger partial charge in [0.1, 0.15) is 17.2 Å². The van der Waals surface area contributed by atoms with E-state index in [2.05, 4.69) is 16.7 Å². The number of ether oxygens (including phenoxy) is 2. The van der Waals surface area contributed by atoms with E-state index >= 15 is 0 Å². The highest BCUT2D eigenvalue weighted by Gasteiger charge is 2.22. The predicted octanol–water partition coefficient (Wildman–Crippen LogP) is 6.18. The van der Waals surface area contributed by atoms with Gasteiger partial charge in [0, 0.05) is 33.9 Å². The second kappa shape index (κ2) is 14.4. The van der Waals surface area contributed by atoms with Gasteiger partial charge >= 0.3 is 0 Å². The van der Waals surface area contributed by atoms with Crippen molar-refractivity contribution in [2.24, 2.45) is 0 Å². The van der Waals surface area contributed by atoms with Crippen LogP contribution in [0, 0.1) is 0 Å². The van der Waals surface area contributed by atoms with Crippen LogP contribution >= 0.6 is 11.8 Å². The van der Waals surface area contributed by atoms with Crippen molar-refractivity contribution in [3.05, 3.63) is 119 Å². The van der Waals surface area contributed by atoms with Gasteiger partial charge in [0.25, 0.3) is 11.8 Å². The number of carbonyl (C=O) groups excluding carboxylic acids is 3. The number of fused-ring (bicyclic) bond motifs is 1. The van der Waals surface area contributed by atoms with Crippen molar-refractivity contribution in [2.75, 3.05) is 36.7 Å². The molecule has 5 rings (SSSR count). The summed E-state index contributed by atoms with van der Waals surface area (Å²) in [5.74, 6) is 0.508. The van der Waals surface area contributed by atoms with Crippen molar-refractivity contribution < 1.29 is 23.9 Å². The molecular weight excluding hydrogens is 574 g/mol. The van der Waals surface area contributed by atoms with Crippen molar-refractivity contribution in [1.82, 2.24) is 5.32 Å². The van der Waals surface area contributed by atoms with Crippen LogP contribution in [0.2, 0.25) is 0 Å². The summed E-state index contributed by atoms with van der Waals surface area (Å²) in [5, 5.41) is 5.60. The van der Waals surface area contributed by atoms with Crippen LogP contribution in [0.4, 0.5) is 11.4 Å². The number of carbonyl (C=O) groups is 3. The smallest absolute Gasteiger partial charge is 0.272 e. The Kier molecular flexibility index (Phi) is 9.99. The molecule has 0 bridgehead atoms. The maximum atomic E-state index is 13.5. The molecule has 0 radical (unpaired) electrons. The molecule has 0 unspecified atom stereocenters. The van der Waals surface area contributed by atoms with Gasteiger partial charge < -0.3 is 25.0 Å². The van der Waals surface area contributed by atoms with Gasteiger partial charge in [-0.05, 0) is 85.1 Å². The Balaban J connectivity index is 1.29. The average molecular weight is 608 g/mol. The monoisotopic (exact) mass is 607 g/mol. The lowest BCUT2D eigenvalue weighted by atomic mass is 10.0. The van der Waals surface area contributed by atoms with Gasteiger partial charge in [-0.3, -0.25) is 14.4 Å². The number of hydrogen-bond acceptors (Lipinski definition) is 6. The van der Waals surface area contributed by atoms with Crippen LogP contribution in [0.15, 0.2) is 108 Å². The van der Waals surface area contributed by atoms with E-state index in [0.717, 1.165) is 30.0 Å². The average Bonchev–Trinajstić information content (AvgIpc) is 3.07. The molecule has 0 saturated heterocycles. The summed E-state index contributed by atoms with van der Waals surface area (Å²) in [6.45, 7) is 0.722. The third-order valence-electron chi connectivity index (χ3n) is 7.15.